The first-order valence-corrected chi connectivity index (χ1v) is 9.60. The van der Waals surface area contributed by atoms with Gasteiger partial charge in [0.1, 0.15) is 11.5 Å². The molecule has 0 spiro atoms. The first-order chi connectivity index (χ1) is 14.1. The largest absolute Gasteiger partial charge is 0.497 e. The van der Waals surface area contributed by atoms with E-state index in [-0.39, 0.29) is 23.7 Å². The monoisotopic (exact) mass is 411 g/mol. The summed E-state index contributed by atoms with van der Waals surface area (Å²) in [6.07, 6.45) is 0.0262. The molecule has 2 amide bonds. The normalized spacial score (nSPS) is 11.6. The van der Waals surface area contributed by atoms with E-state index in [1.807, 2.05) is 12.1 Å². The van der Waals surface area contributed by atoms with Crippen LogP contribution in [0, 0.1) is 0 Å². The lowest BCUT2D eigenvalue weighted by molar-refractivity contribution is -0.115. The molecule has 0 aromatic heterocycles. The fraction of sp³-hybridized carbons (Fsp3) is 0.348. The molecular formula is C23H29N3O4. The molecule has 30 heavy (non-hydrogen) atoms. The van der Waals surface area contributed by atoms with Crippen LogP contribution in [0.3, 0.4) is 0 Å². The summed E-state index contributed by atoms with van der Waals surface area (Å²) < 4.78 is 10.4. The van der Waals surface area contributed by atoms with Gasteiger partial charge in [0, 0.05) is 17.3 Å². The topological polar surface area (TPSA) is 89.0 Å². The number of hydrogen-bond acceptors (Lipinski definition) is 5. The number of carbonyl (C=O) groups excluding carboxylic acids is 2. The molecule has 0 atom stereocenters. The van der Waals surface area contributed by atoms with E-state index in [0.29, 0.717) is 28.5 Å². The van der Waals surface area contributed by atoms with Gasteiger partial charge in [0.05, 0.1) is 26.3 Å². The van der Waals surface area contributed by atoms with E-state index in [9.17, 15) is 9.59 Å². The van der Waals surface area contributed by atoms with Crippen LogP contribution in [0.1, 0.15) is 50.0 Å². The Bertz CT molecular complexity index is 928. The van der Waals surface area contributed by atoms with E-state index in [0.717, 1.165) is 5.56 Å². The lowest BCUT2D eigenvalue weighted by Gasteiger charge is -2.18. The summed E-state index contributed by atoms with van der Waals surface area (Å²) in [6.45, 7) is 8.01. The van der Waals surface area contributed by atoms with E-state index < -0.39 is 0 Å². The Labute approximate surface area is 177 Å². The smallest absolute Gasteiger partial charge is 0.271 e. The highest BCUT2D eigenvalue weighted by molar-refractivity contribution is 6.06. The molecule has 0 aliphatic rings. The molecule has 7 nitrogen and oxygen atoms in total. The first kappa shape index (κ1) is 22.9. The molecule has 0 aliphatic heterocycles. The third kappa shape index (κ3) is 6.34. The van der Waals surface area contributed by atoms with Crippen molar-refractivity contribution in [2.24, 2.45) is 5.10 Å². The lowest BCUT2D eigenvalue weighted by atomic mass is 9.87. The van der Waals surface area contributed by atoms with Gasteiger partial charge >= 0.3 is 0 Å². The van der Waals surface area contributed by atoms with Gasteiger partial charge in [0.25, 0.3) is 5.91 Å². The van der Waals surface area contributed by atoms with Crippen LogP contribution in [0.15, 0.2) is 47.6 Å². The molecule has 2 aromatic rings. The van der Waals surface area contributed by atoms with Crippen molar-refractivity contribution in [3.8, 4) is 11.5 Å². The zero-order valence-corrected chi connectivity index (χ0v) is 18.3. The summed E-state index contributed by atoms with van der Waals surface area (Å²) in [7, 11) is 3.07. The highest BCUT2D eigenvalue weighted by atomic mass is 16.5. The Balaban J connectivity index is 1.94. The highest BCUT2D eigenvalue weighted by Crippen LogP contribution is 2.29. The Hall–Kier alpha value is -3.35. The maximum absolute atomic E-state index is 12.3. The van der Waals surface area contributed by atoms with E-state index in [4.69, 9.17) is 9.47 Å². The maximum atomic E-state index is 12.3. The zero-order chi connectivity index (χ0) is 22.3. The number of ether oxygens (including phenoxy) is 2. The number of rotatable bonds is 7. The molecule has 2 rings (SSSR count). The van der Waals surface area contributed by atoms with E-state index in [1.54, 1.807) is 44.4 Å². The van der Waals surface area contributed by atoms with Crippen molar-refractivity contribution < 1.29 is 19.1 Å². The summed E-state index contributed by atoms with van der Waals surface area (Å²) in [5.41, 5.74) is 5.16. The van der Waals surface area contributed by atoms with Gasteiger partial charge in [-0.25, -0.2) is 5.43 Å². The molecule has 0 saturated carbocycles. The highest BCUT2D eigenvalue weighted by Gasteiger charge is 2.14. The van der Waals surface area contributed by atoms with Crippen molar-refractivity contribution in [2.45, 2.75) is 39.5 Å². The van der Waals surface area contributed by atoms with Gasteiger partial charge in [-0.3, -0.25) is 9.59 Å². The Kier molecular flexibility index (Phi) is 7.58. The summed E-state index contributed by atoms with van der Waals surface area (Å²) >= 11 is 0. The van der Waals surface area contributed by atoms with Gasteiger partial charge in [0.15, 0.2) is 0 Å². The van der Waals surface area contributed by atoms with Crippen molar-refractivity contribution in [1.29, 1.82) is 0 Å². The van der Waals surface area contributed by atoms with Crippen LogP contribution in [0.25, 0.3) is 0 Å². The molecule has 7 heteroatoms. The summed E-state index contributed by atoms with van der Waals surface area (Å²) in [4.78, 5) is 24.6. The molecule has 2 aromatic carbocycles. The second-order valence-corrected chi connectivity index (χ2v) is 7.91. The molecule has 160 valence electrons. The van der Waals surface area contributed by atoms with Gasteiger partial charge in [0.2, 0.25) is 5.91 Å². The second-order valence-electron chi connectivity index (χ2n) is 7.91. The number of anilines is 1. The first-order valence-electron chi connectivity index (χ1n) is 9.60. The molecule has 0 radical (unpaired) electrons. The SMILES string of the molecule is COc1ccc(NC(=O)C/C(C)=N/NC(=O)c2ccc(C(C)(C)C)cc2)c(OC)c1. The van der Waals surface area contributed by atoms with Crippen molar-refractivity contribution in [2.75, 3.05) is 19.5 Å². The van der Waals surface area contributed by atoms with Crippen LogP contribution < -0.4 is 20.2 Å². The fourth-order valence-corrected chi connectivity index (χ4v) is 2.70. The van der Waals surface area contributed by atoms with Crippen molar-refractivity contribution in [3.63, 3.8) is 0 Å². The molecule has 0 heterocycles. The zero-order valence-electron chi connectivity index (χ0n) is 18.3. The number of methoxy groups -OCH3 is 2. The third-order valence-corrected chi connectivity index (χ3v) is 4.46. The van der Waals surface area contributed by atoms with Crippen LogP contribution in [-0.2, 0) is 10.2 Å². The quantitative estimate of drug-likeness (QED) is 0.529. The fourth-order valence-electron chi connectivity index (χ4n) is 2.70. The Morgan fingerprint density at radius 2 is 1.67 bits per heavy atom. The molecule has 0 aliphatic carbocycles. The second kappa shape index (κ2) is 9.91. The average Bonchev–Trinajstić information content (AvgIpc) is 2.71. The standard InChI is InChI=1S/C23H29N3O4/c1-15(13-21(27)24-19-12-11-18(29-5)14-20(19)30-6)25-26-22(28)16-7-9-17(10-8-16)23(2,3)4/h7-12,14H,13H2,1-6H3,(H,24,27)(H,26,28)/b25-15+. The summed E-state index contributed by atoms with van der Waals surface area (Å²) in [5.74, 6) is 0.515. The number of nitrogens with one attached hydrogen (secondary N) is 2. The van der Waals surface area contributed by atoms with Gasteiger partial charge < -0.3 is 14.8 Å². The number of nitrogens with zero attached hydrogens (tertiary/aromatic N) is 1. The van der Waals surface area contributed by atoms with E-state index in [2.05, 4.69) is 36.6 Å². The third-order valence-electron chi connectivity index (χ3n) is 4.46. The van der Waals surface area contributed by atoms with Crippen molar-refractivity contribution in [1.82, 2.24) is 5.43 Å². The number of amides is 2. The van der Waals surface area contributed by atoms with Crippen molar-refractivity contribution >= 4 is 23.2 Å². The summed E-state index contributed by atoms with van der Waals surface area (Å²) in [6, 6.07) is 12.5. The number of benzene rings is 2. The van der Waals surface area contributed by atoms with E-state index in [1.165, 1.54) is 7.11 Å². The number of hydrogen-bond donors (Lipinski definition) is 2. The minimum atomic E-state index is -0.327. The van der Waals surface area contributed by atoms with Crippen LogP contribution in [0.2, 0.25) is 0 Å². The predicted molar refractivity (Wildman–Crippen MR) is 119 cm³/mol. The minimum Gasteiger partial charge on any atom is -0.497 e. The van der Waals surface area contributed by atoms with E-state index >= 15 is 0 Å². The molecular weight excluding hydrogens is 382 g/mol. The number of carbonyl (C=O) groups is 2. The predicted octanol–water partition coefficient (Wildman–Crippen LogP) is 4.14. The number of hydrazone groups is 1. The lowest BCUT2D eigenvalue weighted by Crippen LogP contribution is -2.22. The minimum absolute atomic E-state index is 0.0175. The van der Waals surface area contributed by atoms with Gasteiger partial charge in [-0.05, 0) is 42.2 Å². The molecule has 0 fully saturated rings. The summed E-state index contributed by atoms with van der Waals surface area (Å²) in [5, 5.41) is 6.80. The van der Waals surface area contributed by atoms with Gasteiger partial charge in [-0.1, -0.05) is 32.9 Å². The van der Waals surface area contributed by atoms with Crippen LogP contribution in [0.5, 0.6) is 11.5 Å². The van der Waals surface area contributed by atoms with Crippen LogP contribution >= 0.6 is 0 Å². The van der Waals surface area contributed by atoms with Gasteiger partial charge in [-0.15, -0.1) is 0 Å². The Morgan fingerprint density at radius 1 is 1.00 bits per heavy atom. The molecule has 0 saturated heterocycles. The van der Waals surface area contributed by atoms with Crippen molar-refractivity contribution in [3.05, 3.63) is 53.6 Å². The molecule has 0 unspecified atom stereocenters. The average molecular weight is 412 g/mol. The molecule has 0 bridgehead atoms. The molecule has 2 N–H and O–H groups in total. The van der Waals surface area contributed by atoms with Gasteiger partial charge in [-0.2, -0.15) is 5.10 Å². The van der Waals surface area contributed by atoms with Crippen LogP contribution in [0.4, 0.5) is 5.69 Å². The van der Waals surface area contributed by atoms with Crippen LogP contribution in [-0.4, -0.2) is 31.7 Å². The maximum Gasteiger partial charge on any atom is 0.271 e. The Morgan fingerprint density at radius 3 is 2.23 bits per heavy atom.